The predicted molar refractivity (Wildman–Crippen MR) is 87.8 cm³/mol. The number of hydrogen-bond acceptors (Lipinski definition) is 4. The van der Waals surface area contributed by atoms with Crippen molar-refractivity contribution in [1.82, 2.24) is 10.2 Å². The van der Waals surface area contributed by atoms with Crippen LogP contribution in [0, 0.1) is 18.6 Å². The fourth-order valence-corrected chi connectivity index (χ4v) is 2.27. The van der Waals surface area contributed by atoms with E-state index in [9.17, 15) is 13.6 Å². The molecule has 1 N–H and O–H groups in total. The Kier molecular flexibility index (Phi) is 4.83. The van der Waals surface area contributed by atoms with Gasteiger partial charge in [-0.05, 0) is 31.2 Å². The molecule has 1 amide bonds. The minimum absolute atomic E-state index is 0.0778. The van der Waals surface area contributed by atoms with Crippen LogP contribution in [0.2, 0.25) is 0 Å². The lowest BCUT2D eigenvalue weighted by molar-refractivity contribution is -0.116. The lowest BCUT2D eigenvalue weighted by Gasteiger charge is -2.04. The van der Waals surface area contributed by atoms with Crippen molar-refractivity contribution in [1.29, 1.82) is 0 Å². The molecule has 2 aromatic carbocycles. The van der Waals surface area contributed by atoms with Crippen molar-refractivity contribution in [3.8, 4) is 11.5 Å². The maximum absolute atomic E-state index is 13.1. The Morgan fingerprint density at radius 1 is 1.12 bits per heavy atom. The standard InChI is InChI=1S/C18H15F2N3O2/c1-11-3-2-4-12(9-11)18-23-22-17(25-18)8-7-16(24)21-13-5-6-14(19)15(20)10-13/h2-6,9-10H,7-8H2,1H3,(H,21,24). The fraction of sp³-hybridized carbons (Fsp3) is 0.167. The summed E-state index contributed by atoms with van der Waals surface area (Å²) in [5, 5.41) is 10.4. The van der Waals surface area contributed by atoms with Crippen LogP contribution in [0.3, 0.4) is 0 Å². The summed E-state index contributed by atoms with van der Waals surface area (Å²) in [5.74, 6) is -1.62. The molecular weight excluding hydrogens is 328 g/mol. The van der Waals surface area contributed by atoms with Gasteiger partial charge in [0, 0.05) is 30.2 Å². The average Bonchev–Trinajstić information content (AvgIpc) is 3.05. The third kappa shape index (κ3) is 4.26. The highest BCUT2D eigenvalue weighted by Gasteiger charge is 2.11. The van der Waals surface area contributed by atoms with Gasteiger partial charge in [-0.1, -0.05) is 17.7 Å². The van der Waals surface area contributed by atoms with Gasteiger partial charge in [0.2, 0.25) is 17.7 Å². The molecule has 0 bridgehead atoms. The second-order valence-electron chi connectivity index (χ2n) is 5.55. The zero-order valence-corrected chi connectivity index (χ0v) is 13.4. The van der Waals surface area contributed by atoms with Gasteiger partial charge in [-0.25, -0.2) is 8.78 Å². The molecule has 0 radical (unpaired) electrons. The van der Waals surface area contributed by atoms with E-state index in [-0.39, 0.29) is 24.4 Å². The van der Waals surface area contributed by atoms with E-state index in [2.05, 4.69) is 15.5 Å². The van der Waals surface area contributed by atoms with Crippen LogP contribution in [0.4, 0.5) is 14.5 Å². The molecule has 0 aliphatic carbocycles. The first-order valence-electron chi connectivity index (χ1n) is 7.65. The van der Waals surface area contributed by atoms with Gasteiger partial charge in [0.1, 0.15) is 0 Å². The third-order valence-electron chi connectivity index (χ3n) is 3.50. The minimum Gasteiger partial charge on any atom is -0.421 e. The number of carbonyl (C=O) groups excluding carboxylic acids is 1. The zero-order valence-electron chi connectivity index (χ0n) is 13.4. The fourth-order valence-electron chi connectivity index (χ4n) is 2.27. The van der Waals surface area contributed by atoms with Crippen LogP contribution in [-0.2, 0) is 11.2 Å². The van der Waals surface area contributed by atoms with E-state index in [0.717, 1.165) is 23.3 Å². The van der Waals surface area contributed by atoms with Crippen LogP contribution in [-0.4, -0.2) is 16.1 Å². The van der Waals surface area contributed by atoms with Crippen LogP contribution in [0.1, 0.15) is 17.9 Å². The molecule has 3 rings (SSSR count). The molecule has 1 heterocycles. The van der Waals surface area contributed by atoms with Gasteiger partial charge in [-0.3, -0.25) is 4.79 Å². The summed E-state index contributed by atoms with van der Waals surface area (Å²) in [6.07, 6.45) is 0.322. The van der Waals surface area contributed by atoms with Crippen molar-refractivity contribution in [2.75, 3.05) is 5.32 Å². The molecule has 0 saturated heterocycles. The number of halogens is 2. The maximum atomic E-state index is 13.1. The van der Waals surface area contributed by atoms with E-state index in [1.807, 2.05) is 31.2 Å². The number of nitrogens with one attached hydrogen (secondary N) is 1. The molecule has 7 heteroatoms. The summed E-state index contributed by atoms with van der Waals surface area (Å²) in [4.78, 5) is 11.9. The summed E-state index contributed by atoms with van der Waals surface area (Å²) >= 11 is 0. The van der Waals surface area contributed by atoms with Crippen LogP contribution in [0.25, 0.3) is 11.5 Å². The first kappa shape index (κ1) is 16.8. The lowest BCUT2D eigenvalue weighted by atomic mass is 10.1. The van der Waals surface area contributed by atoms with Crippen molar-refractivity contribution in [3.63, 3.8) is 0 Å². The van der Waals surface area contributed by atoms with Gasteiger partial charge in [0.15, 0.2) is 11.6 Å². The molecule has 128 valence electrons. The Morgan fingerprint density at radius 2 is 1.96 bits per heavy atom. The molecule has 0 fully saturated rings. The topological polar surface area (TPSA) is 68.0 Å². The summed E-state index contributed by atoms with van der Waals surface area (Å²) < 4.78 is 31.5. The molecule has 25 heavy (non-hydrogen) atoms. The molecule has 0 atom stereocenters. The number of anilines is 1. The molecule has 0 spiro atoms. The molecule has 3 aromatic rings. The molecule has 5 nitrogen and oxygen atoms in total. The highest BCUT2D eigenvalue weighted by atomic mass is 19.2. The van der Waals surface area contributed by atoms with Crippen molar-refractivity contribution >= 4 is 11.6 Å². The first-order valence-corrected chi connectivity index (χ1v) is 7.65. The van der Waals surface area contributed by atoms with Crippen molar-refractivity contribution in [2.45, 2.75) is 19.8 Å². The Morgan fingerprint density at radius 3 is 2.72 bits per heavy atom. The van der Waals surface area contributed by atoms with Gasteiger partial charge in [-0.2, -0.15) is 0 Å². The van der Waals surface area contributed by atoms with Crippen LogP contribution >= 0.6 is 0 Å². The van der Waals surface area contributed by atoms with Crippen LogP contribution in [0.5, 0.6) is 0 Å². The zero-order chi connectivity index (χ0) is 17.8. The Hall–Kier alpha value is -3.09. The van der Waals surface area contributed by atoms with Crippen molar-refractivity contribution in [2.24, 2.45) is 0 Å². The molecule has 0 saturated carbocycles. The largest absolute Gasteiger partial charge is 0.421 e. The predicted octanol–water partition coefficient (Wildman–Crippen LogP) is 3.89. The van der Waals surface area contributed by atoms with E-state index in [1.165, 1.54) is 6.07 Å². The summed E-state index contributed by atoms with van der Waals surface area (Å²) in [5.41, 5.74) is 2.07. The number of amides is 1. The lowest BCUT2D eigenvalue weighted by Crippen LogP contribution is -2.12. The Balaban J connectivity index is 1.58. The third-order valence-corrected chi connectivity index (χ3v) is 3.50. The molecule has 0 unspecified atom stereocenters. The number of nitrogens with zero attached hydrogens (tertiary/aromatic N) is 2. The SMILES string of the molecule is Cc1cccc(-c2nnc(CCC(=O)Nc3ccc(F)c(F)c3)o2)c1. The van der Waals surface area contributed by atoms with Gasteiger partial charge < -0.3 is 9.73 Å². The average molecular weight is 343 g/mol. The summed E-state index contributed by atoms with van der Waals surface area (Å²) in [6.45, 7) is 1.96. The molecular formula is C18H15F2N3O2. The monoisotopic (exact) mass is 343 g/mol. The van der Waals surface area contributed by atoms with E-state index in [4.69, 9.17) is 4.42 Å². The van der Waals surface area contributed by atoms with E-state index in [0.29, 0.717) is 11.8 Å². The van der Waals surface area contributed by atoms with Gasteiger partial charge in [0.25, 0.3) is 0 Å². The van der Waals surface area contributed by atoms with Gasteiger partial charge in [0.05, 0.1) is 0 Å². The molecule has 0 aliphatic rings. The van der Waals surface area contributed by atoms with E-state index in [1.54, 1.807) is 0 Å². The quantitative estimate of drug-likeness (QED) is 0.763. The first-order chi connectivity index (χ1) is 12.0. The summed E-state index contributed by atoms with van der Waals surface area (Å²) in [7, 11) is 0. The second kappa shape index (κ2) is 7.21. The number of aryl methyl sites for hydroxylation is 2. The molecule has 0 aliphatic heterocycles. The maximum Gasteiger partial charge on any atom is 0.247 e. The Labute approximate surface area is 142 Å². The number of carbonyl (C=O) groups is 1. The van der Waals surface area contributed by atoms with Crippen molar-refractivity contribution in [3.05, 3.63) is 65.6 Å². The minimum atomic E-state index is -1.02. The van der Waals surface area contributed by atoms with E-state index >= 15 is 0 Å². The van der Waals surface area contributed by atoms with Gasteiger partial charge >= 0.3 is 0 Å². The van der Waals surface area contributed by atoms with Crippen molar-refractivity contribution < 1.29 is 18.0 Å². The van der Waals surface area contributed by atoms with Crippen LogP contribution in [0.15, 0.2) is 46.9 Å². The van der Waals surface area contributed by atoms with E-state index < -0.39 is 11.6 Å². The smallest absolute Gasteiger partial charge is 0.247 e. The number of hydrogen-bond donors (Lipinski definition) is 1. The van der Waals surface area contributed by atoms with Crippen LogP contribution < -0.4 is 5.32 Å². The second-order valence-corrected chi connectivity index (χ2v) is 5.55. The molecule has 1 aromatic heterocycles. The Bertz CT molecular complexity index is 909. The highest BCUT2D eigenvalue weighted by molar-refractivity contribution is 5.90. The highest BCUT2D eigenvalue weighted by Crippen LogP contribution is 2.19. The number of aromatic nitrogens is 2. The number of benzene rings is 2. The number of rotatable bonds is 5. The van der Waals surface area contributed by atoms with Gasteiger partial charge in [-0.15, -0.1) is 10.2 Å². The summed E-state index contributed by atoms with van der Waals surface area (Å²) in [6, 6.07) is 10.8. The normalized spacial score (nSPS) is 10.7.